The average Bonchev–Trinajstić information content (AvgIpc) is 2.37. The molecule has 0 aliphatic rings. The summed E-state index contributed by atoms with van der Waals surface area (Å²) in [7, 11) is 1.66. The molecule has 2 rings (SSSR count). The molecule has 1 N–H and O–H groups in total. The lowest BCUT2D eigenvalue weighted by molar-refractivity contribution is 0.0991. The number of nitrogens with one attached hydrogen (secondary N) is 1. The molecule has 1 amide bonds. The molecule has 0 saturated carbocycles. The van der Waals surface area contributed by atoms with Crippen LogP contribution >= 0.6 is 0 Å². The van der Waals surface area contributed by atoms with Crippen molar-refractivity contribution in [1.82, 2.24) is 4.98 Å². The van der Waals surface area contributed by atoms with Crippen molar-refractivity contribution < 1.29 is 4.79 Å². The largest absolute Gasteiger partial charge is 0.364 e. The smallest absolute Gasteiger partial charge is 0.263 e. The number of H-pyrrole nitrogens is 1. The molecule has 19 heavy (non-hydrogen) atoms. The molecular weight excluding hydrogens is 240 g/mol. The van der Waals surface area contributed by atoms with Crippen LogP contribution in [-0.4, -0.2) is 17.9 Å². The maximum Gasteiger partial charge on any atom is 0.263 e. The summed E-state index contributed by atoms with van der Waals surface area (Å²) in [6, 6.07) is 9.01. The number of aromatic nitrogens is 1. The van der Waals surface area contributed by atoms with Crippen LogP contribution in [0.4, 0.5) is 5.69 Å². The van der Waals surface area contributed by atoms with E-state index in [-0.39, 0.29) is 16.9 Å². The summed E-state index contributed by atoms with van der Waals surface area (Å²) in [4.78, 5) is 28.5. The van der Waals surface area contributed by atoms with Crippen LogP contribution in [0.3, 0.4) is 0 Å². The second kappa shape index (κ2) is 5.10. The highest BCUT2D eigenvalue weighted by Gasteiger charge is 2.16. The fourth-order valence-corrected chi connectivity index (χ4v) is 1.87. The fraction of sp³-hybridized carbons (Fsp3) is 0.200. The van der Waals surface area contributed by atoms with E-state index in [0.29, 0.717) is 0 Å². The Morgan fingerprint density at radius 1 is 1.21 bits per heavy atom. The maximum absolute atomic E-state index is 12.3. The summed E-state index contributed by atoms with van der Waals surface area (Å²) < 4.78 is 0. The zero-order valence-electron chi connectivity index (χ0n) is 11.2. The lowest BCUT2D eigenvalue weighted by Gasteiger charge is -2.17. The van der Waals surface area contributed by atoms with Crippen molar-refractivity contribution in [3.05, 3.63) is 63.6 Å². The van der Waals surface area contributed by atoms with Crippen LogP contribution in [-0.2, 0) is 0 Å². The van der Waals surface area contributed by atoms with E-state index in [1.807, 2.05) is 31.2 Å². The number of rotatable bonds is 2. The summed E-state index contributed by atoms with van der Waals surface area (Å²) in [6.07, 6.45) is 1.46. The summed E-state index contributed by atoms with van der Waals surface area (Å²) >= 11 is 0. The molecule has 0 radical (unpaired) electrons. The number of benzene rings is 1. The first kappa shape index (κ1) is 13.1. The van der Waals surface area contributed by atoms with Crippen LogP contribution in [0.1, 0.15) is 21.6 Å². The van der Waals surface area contributed by atoms with Gasteiger partial charge < -0.3 is 9.88 Å². The minimum absolute atomic E-state index is 0.148. The van der Waals surface area contributed by atoms with Gasteiger partial charge in [-0.25, -0.2) is 0 Å². The number of anilines is 1. The lowest BCUT2D eigenvalue weighted by atomic mass is 10.2. The number of hydrogen-bond donors (Lipinski definition) is 1. The Kier molecular flexibility index (Phi) is 3.51. The summed E-state index contributed by atoms with van der Waals surface area (Å²) in [6.45, 7) is 3.74. The Bertz CT molecular complexity index is 674. The monoisotopic (exact) mass is 256 g/mol. The normalized spacial score (nSPS) is 10.3. The molecule has 0 aliphatic heterocycles. The van der Waals surface area contributed by atoms with Crippen LogP contribution in [0, 0.1) is 13.8 Å². The molecule has 0 saturated heterocycles. The van der Waals surface area contributed by atoms with E-state index in [4.69, 9.17) is 0 Å². The average molecular weight is 256 g/mol. The summed E-state index contributed by atoms with van der Waals surface area (Å²) in [5.74, 6) is -0.313. The number of hydrogen-bond acceptors (Lipinski definition) is 2. The minimum atomic E-state index is -0.313. The van der Waals surface area contributed by atoms with Gasteiger partial charge in [0.1, 0.15) is 5.56 Å². The third-order valence-electron chi connectivity index (χ3n) is 2.98. The van der Waals surface area contributed by atoms with Gasteiger partial charge in [-0.3, -0.25) is 9.59 Å². The molecule has 0 bridgehead atoms. The van der Waals surface area contributed by atoms with E-state index in [2.05, 4.69) is 4.98 Å². The summed E-state index contributed by atoms with van der Waals surface area (Å²) in [5, 5.41) is 0. The lowest BCUT2D eigenvalue weighted by Crippen LogP contribution is -2.30. The Morgan fingerprint density at radius 3 is 2.58 bits per heavy atom. The number of carbonyl (C=O) groups excluding carboxylic acids is 1. The highest BCUT2D eigenvalue weighted by atomic mass is 16.2. The quantitative estimate of drug-likeness (QED) is 0.896. The van der Waals surface area contributed by atoms with Crippen molar-refractivity contribution in [1.29, 1.82) is 0 Å². The molecular formula is C15H16N2O2. The van der Waals surface area contributed by atoms with Crippen LogP contribution in [0.5, 0.6) is 0 Å². The first-order valence-electron chi connectivity index (χ1n) is 6.03. The first-order chi connectivity index (χ1) is 8.99. The number of aryl methyl sites for hydroxylation is 2. The number of pyridine rings is 1. The van der Waals surface area contributed by atoms with Gasteiger partial charge in [0.15, 0.2) is 5.43 Å². The van der Waals surface area contributed by atoms with Gasteiger partial charge in [-0.1, -0.05) is 12.1 Å². The van der Waals surface area contributed by atoms with Gasteiger partial charge in [0.2, 0.25) is 0 Å². The molecule has 98 valence electrons. The van der Waals surface area contributed by atoms with Crippen LogP contribution in [0.25, 0.3) is 0 Å². The van der Waals surface area contributed by atoms with Gasteiger partial charge in [0.25, 0.3) is 5.91 Å². The molecule has 1 heterocycles. The highest BCUT2D eigenvalue weighted by molar-refractivity contribution is 6.05. The SMILES string of the molecule is Cc1cccc(N(C)C(=O)c2c[nH]c(C)cc2=O)c1. The van der Waals surface area contributed by atoms with Gasteiger partial charge >= 0.3 is 0 Å². The topological polar surface area (TPSA) is 53.2 Å². The molecule has 1 aromatic carbocycles. The van der Waals surface area contributed by atoms with Gasteiger partial charge in [-0.05, 0) is 31.5 Å². The molecule has 4 heteroatoms. The van der Waals surface area contributed by atoms with E-state index < -0.39 is 0 Å². The number of nitrogens with zero attached hydrogens (tertiary/aromatic N) is 1. The molecule has 0 atom stereocenters. The minimum Gasteiger partial charge on any atom is -0.364 e. The molecule has 0 unspecified atom stereocenters. The predicted octanol–water partition coefficient (Wildman–Crippen LogP) is 2.27. The van der Waals surface area contributed by atoms with Crippen LogP contribution < -0.4 is 10.3 Å². The number of amides is 1. The van der Waals surface area contributed by atoms with Crippen LogP contribution in [0.15, 0.2) is 41.3 Å². The van der Waals surface area contributed by atoms with E-state index in [1.165, 1.54) is 17.2 Å². The Hall–Kier alpha value is -2.36. The van der Waals surface area contributed by atoms with E-state index >= 15 is 0 Å². The molecule has 1 aromatic heterocycles. The fourth-order valence-electron chi connectivity index (χ4n) is 1.87. The van der Waals surface area contributed by atoms with Crippen molar-refractivity contribution in [3.8, 4) is 0 Å². The van der Waals surface area contributed by atoms with Gasteiger partial charge in [-0.15, -0.1) is 0 Å². The molecule has 0 spiro atoms. The highest BCUT2D eigenvalue weighted by Crippen LogP contribution is 2.15. The van der Waals surface area contributed by atoms with Crippen molar-refractivity contribution in [3.63, 3.8) is 0 Å². The standard InChI is InChI=1S/C15H16N2O2/c1-10-5-4-6-12(7-10)17(3)15(19)13-9-16-11(2)8-14(13)18/h4-9H,1-3H3,(H,16,18). The molecule has 0 aliphatic carbocycles. The van der Waals surface area contributed by atoms with Crippen molar-refractivity contribution in [2.75, 3.05) is 11.9 Å². The third-order valence-corrected chi connectivity index (χ3v) is 2.98. The Balaban J connectivity index is 2.36. The number of carbonyl (C=O) groups is 1. The first-order valence-corrected chi connectivity index (χ1v) is 6.03. The zero-order chi connectivity index (χ0) is 14.0. The van der Waals surface area contributed by atoms with E-state index in [1.54, 1.807) is 14.0 Å². The van der Waals surface area contributed by atoms with E-state index in [9.17, 15) is 9.59 Å². The van der Waals surface area contributed by atoms with E-state index in [0.717, 1.165) is 16.9 Å². The third kappa shape index (κ3) is 2.73. The van der Waals surface area contributed by atoms with Crippen molar-refractivity contribution in [2.45, 2.75) is 13.8 Å². The van der Waals surface area contributed by atoms with Crippen molar-refractivity contribution in [2.24, 2.45) is 0 Å². The predicted molar refractivity (Wildman–Crippen MR) is 75.7 cm³/mol. The van der Waals surface area contributed by atoms with Gasteiger partial charge in [0, 0.05) is 30.7 Å². The Labute approximate surface area is 111 Å². The second-order valence-corrected chi connectivity index (χ2v) is 4.60. The second-order valence-electron chi connectivity index (χ2n) is 4.60. The van der Waals surface area contributed by atoms with Crippen LogP contribution in [0.2, 0.25) is 0 Å². The summed E-state index contributed by atoms with van der Waals surface area (Å²) in [5.41, 5.74) is 2.45. The molecule has 0 fully saturated rings. The molecule has 4 nitrogen and oxygen atoms in total. The Morgan fingerprint density at radius 2 is 1.95 bits per heavy atom. The zero-order valence-corrected chi connectivity index (χ0v) is 11.2. The van der Waals surface area contributed by atoms with Crippen molar-refractivity contribution >= 4 is 11.6 Å². The van der Waals surface area contributed by atoms with Gasteiger partial charge in [-0.2, -0.15) is 0 Å². The van der Waals surface area contributed by atoms with Gasteiger partial charge in [0.05, 0.1) is 0 Å². The molecule has 2 aromatic rings. The number of aromatic amines is 1. The maximum atomic E-state index is 12.3.